The first-order valence-corrected chi connectivity index (χ1v) is 32.3. The first kappa shape index (κ1) is 72.9. The lowest BCUT2D eigenvalue weighted by Crippen LogP contribution is -2.30. The van der Waals surface area contributed by atoms with Crippen molar-refractivity contribution in [2.75, 3.05) is 26.4 Å². The van der Waals surface area contributed by atoms with Crippen LogP contribution in [0.3, 0.4) is 0 Å². The Morgan fingerprint density at radius 1 is 0.382 bits per heavy atom. The lowest BCUT2D eigenvalue weighted by atomic mass is 10.1. The van der Waals surface area contributed by atoms with E-state index in [9.17, 15) is 28.9 Å². The number of ether oxygens (including phenoxy) is 3. The zero-order chi connectivity index (χ0) is 55.5. The average molecular weight is 1090 g/mol. The monoisotopic (exact) mass is 1090 g/mol. The van der Waals surface area contributed by atoms with Gasteiger partial charge in [-0.1, -0.05) is 241 Å². The predicted octanol–water partition coefficient (Wildman–Crippen LogP) is 18.5. The molecule has 0 aliphatic heterocycles. The SMILES string of the molecule is CC/C=C\C/C=C\C/C=C\C/C=C\C/C=C\CCCCCC(=O)OC(COC(=O)CCCCCCCCCCCCC)COP(=O)(O)OCC(CO)OC(=O)CCCCCCCCCCC/C=C\CCCCCCCC. The molecule has 11 nitrogen and oxygen atoms in total. The largest absolute Gasteiger partial charge is 0.472 e. The highest BCUT2D eigenvalue weighted by atomic mass is 31.2. The van der Waals surface area contributed by atoms with E-state index in [4.69, 9.17) is 23.3 Å². The topological polar surface area (TPSA) is 155 Å². The molecule has 2 N–H and O–H groups in total. The Kier molecular flexibility index (Phi) is 55.7. The van der Waals surface area contributed by atoms with Crippen LogP contribution in [-0.2, 0) is 42.2 Å². The molecule has 0 aromatic carbocycles. The molecule has 440 valence electrons. The molecule has 0 aliphatic rings. The van der Waals surface area contributed by atoms with Crippen LogP contribution < -0.4 is 0 Å². The lowest BCUT2D eigenvalue weighted by Gasteiger charge is -2.21. The summed E-state index contributed by atoms with van der Waals surface area (Å²) < 4.78 is 39.6. The standard InChI is InChI=1S/C64H113O11P/c1-4-7-10-13-16-19-22-24-26-28-30-32-34-36-39-42-45-48-51-54-63(67)74-60(56-65)58-72-76(69,70)73-59-61(57-71-62(66)53-50-47-44-41-38-21-18-15-12-9-6-3)75-64(68)55-52-49-46-43-40-37-35-33-31-29-27-25-23-20-17-14-11-8-5-2/h8,11,17,20,24-27,31,33,37,40,60-61,65H,4-7,9-10,12-16,18-19,21-23,28-30,32,34-36,38-39,41-59H2,1-3H3,(H,69,70)/b11-8-,20-17-,26-24-,27-25-,33-31-,40-37-. The van der Waals surface area contributed by atoms with E-state index in [-0.39, 0.29) is 25.9 Å². The third-order valence-electron chi connectivity index (χ3n) is 13.1. The molecule has 0 spiro atoms. The number of rotatable bonds is 57. The van der Waals surface area contributed by atoms with Gasteiger partial charge in [0, 0.05) is 19.3 Å². The van der Waals surface area contributed by atoms with Gasteiger partial charge >= 0.3 is 25.7 Å². The first-order valence-electron chi connectivity index (χ1n) is 30.8. The Morgan fingerprint density at radius 2 is 0.684 bits per heavy atom. The number of carbonyl (C=O) groups excluding carboxylic acids is 3. The molecule has 0 radical (unpaired) electrons. The number of aliphatic hydroxyl groups is 1. The minimum atomic E-state index is -4.76. The Morgan fingerprint density at radius 3 is 1.08 bits per heavy atom. The number of hydrogen-bond acceptors (Lipinski definition) is 10. The molecular formula is C64H113O11P. The van der Waals surface area contributed by atoms with Gasteiger partial charge in [-0.05, 0) is 89.9 Å². The summed E-state index contributed by atoms with van der Waals surface area (Å²) in [6.07, 6.45) is 65.7. The Balaban J connectivity index is 4.67. The number of phosphoric acid groups is 1. The van der Waals surface area contributed by atoms with Crippen molar-refractivity contribution in [2.24, 2.45) is 0 Å². The van der Waals surface area contributed by atoms with Crippen molar-refractivity contribution < 1.29 is 52.2 Å². The zero-order valence-corrected chi connectivity index (χ0v) is 49.6. The van der Waals surface area contributed by atoms with Crippen molar-refractivity contribution in [3.8, 4) is 0 Å². The summed E-state index contributed by atoms with van der Waals surface area (Å²) in [5.74, 6) is -1.50. The number of carbonyl (C=O) groups is 3. The van der Waals surface area contributed by atoms with Gasteiger partial charge in [-0.25, -0.2) is 4.57 Å². The third kappa shape index (κ3) is 55.7. The Bertz CT molecular complexity index is 1550. The maximum atomic E-state index is 12.9. The van der Waals surface area contributed by atoms with Crippen LogP contribution in [0, 0.1) is 0 Å². The molecule has 0 heterocycles. The summed E-state index contributed by atoms with van der Waals surface area (Å²) >= 11 is 0. The smallest absolute Gasteiger partial charge is 0.462 e. The Hall–Kier alpha value is -3.08. The summed E-state index contributed by atoms with van der Waals surface area (Å²) in [6, 6.07) is 0. The van der Waals surface area contributed by atoms with Crippen molar-refractivity contribution >= 4 is 25.7 Å². The molecule has 0 fully saturated rings. The van der Waals surface area contributed by atoms with Gasteiger partial charge in [-0.15, -0.1) is 0 Å². The normalized spacial score (nSPS) is 13.8. The molecule has 0 aromatic rings. The predicted molar refractivity (Wildman–Crippen MR) is 316 cm³/mol. The number of hydrogen-bond donors (Lipinski definition) is 2. The van der Waals surface area contributed by atoms with Crippen molar-refractivity contribution in [1.82, 2.24) is 0 Å². The molecule has 3 unspecified atom stereocenters. The van der Waals surface area contributed by atoms with E-state index in [0.29, 0.717) is 19.3 Å². The lowest BCUT2D eigenvalue weighted by molar-refractivity contribution is -0.161. The summed E-state index contributed by atoms with van der Waals surface area (Å²) in [6.45, 7) is 4.51. The fourth-order valence-electron chi connectivity index (χ4n) is 8.44. The highest BCUT2D eigenvalue weighted by molar-refractivity contribution is 7.47. The van der Waals surface area contributed by atoms with Crippen LogP contribution >= 0.6 is 7.82 Å². The molecule has 12 heteroatoms. The molecule has 0 amide bonds. The molecule has 0 saturated carbocycles. The van der Waals surface area contributed by atoms with Crippen LogP contribution in [-0.4, -0.2) is 66.5 Å². The summed E-state index contributed by atoms with van der Waals surface area (Å²) in [5, 5.41) is 9.84. The second-order valence-corrected chi connectivity index (χ2v) is 21.9. The number of aliphatic hydroxyl groups excluding tert-OH is 1. The number of allylic oxidation sites excluding steroid dienone is 12. The Labute approximate surface area is 465 Å². The summed E-state index contributed by atoms with van der Waals surface area (Å²) in [5.41, 5.74) is 0. The van der Waals surface area contributed by atoms with E-state index in [1.807, 2.05) is 0 Å². The quantitative estimate of drug-likeness (QED) is 0.0197. The summed E-state index contributed by atoms with van der Waals surface area (Å²) in [4.78, 5) is 48.6. The summed E-state index contributed by atoms with van der Waals surface area (Å²) in [7, 11) is -4.76. The molecule has 0 bridgehead atoms. The van der Waals surface area contributed by atoms with Crippen molar-refractivity contribution in [3.05, 3.63) is 72.9 Å². The van der Waals surface area contributed by atoms with Crippen LogP contribution in [0.15, 0.2) is 72.9 Å². The van der Waals surface area contributed by atoms with Crippen molar-refractivity contribution in [3.63, 3.8) is 0 Å². The van der Waals surface area contributed by atoms with Gasteiger partial charge in [-0.3, -0.25) is 23.4 Å². The van der Waals surface area contributed by atoms with Gasteiger partial charge in [0.05, 0.1) is 19.8 Å². The van der Waals surface area contributed by atoms with Gasteiger partial charge in [0.15, 0.2) is 6.10 Å². The van der Waals surface area contributed by atoms with Crippen LogP contribution in [0.25, 0.3) is 0 Å². The van der Waals surface area contributed by atoms with Crippen molar-refractivity contribution in [1.29, 1.82) is 0 Å². The number of phosphoric ester groups is 1. The van der Waals surface area contributed by atoms with Gasteiger partial charge in [0.25, 0.3) is 0 Å². The number of esters is 3. The van der Waals surface area contributed by atoms with E-state index in [1.54, 1.807) is 0 Å². The van der Waals surface area contributed by atoms with Crippen LogP contribution in [0.5, 0.6) is 0 Å². The van der Waals surface area contributed by atoms with E-state index in [2.05, 4.69) is 93.7 Å². The van der Waals surface area contributed by atoms with Crippen LogP contribution in [0.2, 0.25) is 0 Å². The van der Waals surface area contributed by atoms with Crippen molar-refractivity contribution in [2.45, 2.75) is 290 Å². The molecule has 0 aliphatic carbocycles. The zero-order valence-electron chi connectivity index (χ0n) is 48.7. The molecule has 0 rings (SSSR count). The highest BCUT2D eigenvalue weighted by Crippen LogP contribution is 2.43. The maximum Gasteiger partial charge on any atom is 0.472 e. The van der Waals surface area contributed by atoms with Gasteiger partial charge in [-0.2, -0.15) is 0 Å². The highest BCUT2D eigenvalue weighted by Gasteiger charge is 2.28. The van der Waals surface area contributed by atoms with Crippen LogP contribution in [0.1, 0.15) is 278 Å². The fraction of sp³-hybridized carbons (Fsp3) is 0.766. The molecule has 3 atom stereocenters. The fourth-order valence-corrected chi connectivity index (χ4v) is 9.22. The third-order valence-corrected chi connectivity index (χ3v) is 14.1. The second-order valence-electron chi connectivity index (χ2n) is 20.5. The molecule has 0 saturated heterocycles. The van der Waals surface area contributed by atoms with Gasteiger partial charge < -0.3 is 24.2 Å². The molecule has 0 aromatic heterocycles. The minimum Gasteiger partial charge on any atom is -0.462 e. The van der Waals surface area contributed by atoms with Crippen LogP contribution in [0.4, 0.5) is 0 Å². The average Bonchev–Trinajstić information content (AvgIpc) is 3.41. The molecule has 76 heavy (non-hydrogen) atoms. The van der Waals surface area contributed by atoms with E-state index >= 15 is 0 Å². The molecular weight excluding hydrogens is 976 g/mol. The van der Waals surface area contributed by atoms with E-state index < -0.39 is 57.8 Å². The van der Waals surface area contributed by atoms with E-state index in [0.717, 1.165) is 89.9 Å². The van der Waals surface area contributed by atoms with E-state index in [1.165, 1.54) is 128 Å². The second kappa shape index (κ2) is 58.1. The minimum absolute atomic E-state index is 0.129. The van der Waals surface area contributed by atoms with Gasteiger partial charge in [0.2, 0.25) is 0 Å². The maximum absolute atomic E-state index is 12.9. The number of unbranched alkanes of at least 4 members (excludes halogenated alkanes) is 28. The van der Waals surface area contributed by atoms with Gasteiger partial charge in [0.1, 0.15) is 12.7 Å². The first-order chi connectivity index (χ1) is 37.2.